The number of thioether (sulfide) groups is 1. The molecule has 416 valence electrons. The van der Waals surface area contributed by atoms with Gasteiger partial charge in [0.05, 0.1) is 48.7 Å². The summed E-state index contributed by atoms with van der Waals surface area (Å²) < 4.78 is 58.0. The zero-order chi connectivity index (χ0) is 55.2. The van der Waals surface area contributed by atoms with Crippen molar-refractivity contribution in [3.05, 3.63) is 22.2 Å². The summed E-state index contributed by atoms with van der Waals surface area (Å²) in [4.78, 5) is 128. The summed E-state index contributed by atoms with van der Waals surface area (Å²) in [6, 6.07) is -2.56. The van der Waals surface area contributed by atoms with Crippen LogP contribution in [-0.4, -0.2) is 151 Å². The normalized spacial score (nSPS) is 23.4. The predicted octanol–water partition coefficient (Wildman–Crippen LogP) is 1.32. The van der Waals surface area contributed by atoms with Crippen LogP contribution < -0.4 is 32.7 Å². The van der Waals surface area contributed by atoms with Crippen molar-refractivity contribution in [3.8, 4) is 11.8 Å². The van der Waals surface area contributed by atoms with Crippen molar-refractivity contribution < 1.29 is 100.0 Å². The smallest absolute Gasteiger partial charge is 0.481 e. The van der Waals surface area contributed by atoms with Gasteiger partial charge in [0.15, 0.2) is 5.78 Å². The molecule has 29 nitrogen and oxygen atoms in total. The molecule has 74 heavy (non-hydrogen) atoms. The number of hydrogen-bond acceptors (Lipinski definition) is 21. The molecule has 0 spiro atoms. The van der Waals surface area contributed by atoms with Crippen LogP contribution in [0.1, 0.15) is 96.8 Å². The Morgan fingerprint density at radius 3 is 2.42 bits per heavy atom. The highest BCUT2D eigenvalue weighted by molar-refractivity contribution is 8.77. The van der Waals surface area contributed by atoms with E-state index in [2.05, 4.69) is 51.2 Å². The van der Waals surface area contributed by atoms with Crippen LogP contribution in [-0.2, 0) is 60.3 Å². The summed E-state index contributed by atoms with van der Waals surface area (Å²) in [5, 5.41) is 40.6. The highest BCUT2D eigenvalue weighted by Gasteiger charge is 2.44. The van der Waals surface area contributed by atoms with Crippen LogP contribution in [0.15, 0.2) is 11.0 Å². The fourth-order valence-corrected chi connectivity index (χ4v) is 14.5. The molecule has 0 aliphatic carbocycles. The predicted molar refractivity (Wildman–Crippen MR) is 265 cm³/mol. The maximum atomic E-state index is 13.9. The summed E-state index contributed by atoms with van der Waals surface area (Å²) in [5.74, 6) is -0.00859. The van der Waals surface area contributed by atoms with Gasteiger partial charge in [-0.2, -0.15) is 25.4 Å². The number of aromatic nitrogens is 2. The van der Waals surface area contributed by atoms with Gasteiger partial charge in [-0.05, 0) is 46.0 Å². The zero-order valence-electron chi connectivity index (χ0n) is 40.0. The number of carboxylic acid groups (broad SMARTS) is 2. The van der Waals surface area contributed by atoms with Gasteiger partial charge in [-0.1, -0.05) is 46.8 Å². The molecule has 3 aliphatic heterocycles. The fraction of sp³-hybridized carbons (Fsp3) is 0.692. The lowest BCUT2D eigenvalue weighted by Crippen LogP contribution is -2.46. The number of ether oxygens (including phenoxy) is 2. The van der Waals surface area contributed by atoms with Crippen molar-refractivity contribution in [3.63, 3.8) is 0 Å². The van der Waals surface area contributed by atoms with Gasteiger partial charge in [0.25, 0.3) is 0 Å². The van der Waals surface area contributed by atoms with E-state index in [4.69, 9.17) is 25.0 Å². The third-order valence-corrected chi connectivity index (χ3v) is 19.6. The van der Waals surface area contributed by atoms with Crippen LogP contribution in [0.25, 0.3) is 0 Å². The number of nitrogens with two attached hydrogens (primary N) is 1. The summed E-state index contributed by atoms with van der Waals surface area (Å²) in [6.07, 6.45) is -2.15. The molecule has 13 N–H and O–H groups in total. The Hall–Kier alpha value is -3.60. The first-order chi connectivity index (χ1) is 34.5. The molecule has 8 unspecified atom stereocenters. The number of nitrogens with one attached hydrogen (secondary N) is 4. The first-order valence-electron chi connectivity index (χ1n) is 22.6. The number of aliphatic hydroxyl groups excluding tert-OH is 1. The molecule has 3 saturated heterocycles. The second-order valence-electron chi connectivity index (χ2n) is 17.6. The molecule has 4 heterocycles. The third-order valence-electron chi connectivity index (χ3n) is 11.2. The fourth-order valence-electron chi connectivity index (χ4n) is 7.60. The van der Waals surface area contributed by atoms with Crippen molar-refractivity contribution in [2.75, 3.05) is 30.6 Å². The van der Waals surface area contributed by atoms with E-state index in [1.165, 1.54) is 34.7 Å². The van der Waals surface area contributed by atoms with Crippen LogP contribution in [0, 0.1) is 17.8 Å². The van der Waals surface area contributed by atoms with Crippen LogP contribution in [0.4, 0.5) is 10.6 Å². The van der Waals surface area contributed by atoms with E-state index in [9.17, 15) is 72.4 Å². The maximum Gasteiger partial charge on any atom is 0.490 e. The van der Waals surface area contributed by atoms with Crippen LogP contribution >= 0.6 is 56.8 Å². The quantitative estimate of drug-likeness (QED) is 0.0125. The summed E-state index contributed by atoms with van der Waals surface area (Å²) in [5.41, 5.74) is 5.02. The number of nitrogens with zero attached hydrogens (tertiary/aromatic N) is 2. The molecule has 1 aromatic heterocycles. The van der Waals surface area contributed by atoms with Gasteiger partial charge in [-0.3, -0.25) is 28.3 Å². The molecule has 4 amide bonds. The molecule has 4 rings (SSSR count). The number of unbranched alkanes of at least 4 members (excludes halogenated alkanes) is 1. The highest BCUT2D eigenvalue weighted by atomic mass is 33.1. The van der Waals surface area contributed by atoms with E-state index in [1.807, 2.05) is 13.8 Å². The summed E-state index contributed by atoms with van der Waals surface area (Å²) in [6.45, 7) is 4.17. The molecule has 0 radical (unpaired) electrons. The number of rotatable bonds is 31. The lowest BCUT2D eigenvalue weighted by atomic mass is 9.91. The average Bonchev–Trinajstić information content (AvgIpc) is 3.96. The number of aliphatic hydroxyl groups is 1. The zero-order valence-corrected chi connectivity index (χ0v) is 45.1. The van der Waals surface area contributed by atoms with Crippen LogP contribution in [0.5, 0.6) is 0 Å². The van der Waals surface area contributed by atoms with E-state index in [1.54, 1.807) is 11.8 Å². The van der Waals surface area contributed by atoms with E-state index in [-0.39, 0.29) is 73.0 Å². The molecule has 3 aliphatic rings. The van der Waals surface area contributed by atoms with Gasteiger partial charge >= 0.3 is 47.1 Å². The largest absolute Gasteiger partial charge is 0.490 e. The molecule has 11 atom stereocenters. The minimum atomic E-state index is -5.80. The molecule has 1 aromatic rings. The van der Waals surface area contributed by atoms with Gasteiger partial charge in [-0.25, -0.2) is 28.1 Å². The Bertz CT molecular complexity index is 2480. The van der Waals surface area contributed by atoms with Gasteiger partial charge in [0.1, 0.15) is 36.7 Å². The number of fused-ring (bicyclic) bond motifs is 1. The second-order valence-corrected chi connectivity index (χ2v) is 26.2. The molecular formula is C39H60N7O22P3S3. The van der Waals surface area contributed by atoms with Crippen LogP contribution in [0.2, 0.25) is 0 Å². The summed E-state index contributed by atoms with van der Waals surface area (Å²) in [7, 11) is -14.3. The second kappa shape index (κ2) is 28.1. The summed E-state index contributed by atoms with van der Waals surface area (Å²) >= 11 is 1.74. The Morgan fingerprint density at radius 2 is 1.76 bits per heavy atom. The number of anilines is 1. The number of urea groups is 1. The molecule has 35 heteroatoms. The number of carbonyl (C=O) groups excluding carboxylic acids is 4. The van der Waals surface area contributed by atoms with E-state index < -0.39 is 119 Å². The number of nitrogen functional groups attached to an aromatic ring is 1. The number of hydrogen-bond donors (Lipinski definition) is 12. The topological polar surface area (TPSA) is 450 Å². The monoisotopic (exact) mass is 1170 g/mol. The molecule has 0 saturated carbocycles. The number of amides is 4. The van der Waals surface area contributed by atoms with Crippen molar-refractivity contribution in [2.45, 2.75) is 138 Å². The molecule has 0 bridgehead atoms. The maximum absolute atomic E-state index is 13.9. The van der Waals surface area contributed by atoms with Crippen molar-refractivity contribution >= 4 is 98.2 Å². The lowest BCUT2D eigenvalue weighted by Gasteiger charge is -2.27. The molecular weight excluding hydrogens is 1110 g/mol. The first kappa shape index (κ1) is 62.9. The number of phosphoric ester groups is 1. The minimum absolute atomic E-state index is 0.00553. The number of Topliss-reactive ketones (excluding diaryl/α,β-unsaturated/α-hetero) is 1. The van der Waals surface area contributed by atoms with Crippen molar-refractivity contribution in [1.82, 2.24) is 30.8 Å². The number of ketones is 1. The van der Waals surface area contributed by atoms with Gasteiger partial charge in [-0.15, -0.1) is 0 Å². The molecule has 0 aromatic carbocycles. The minimum Gasteiger partial charge on any atom is -0.481 e. The van der Waals surface area contributed by atoms with Crippen LogP contribution in [0.3, 0.4) is 0 Å². The van der Waals surface area contributed by atoms with Gasteiger partial charge < -0.3 is 71.4 Å². The van der Waals surface area contributed by atoms with E-state index in [0.717, 1.165) is 16.7 Å². The number of carboxylic acids is 2. The van der Waals surface area contributed by atoms with E-state index >= 15 is 0 Å². The van der Waals surface area contributed by atoms with Crippen molar-refractivity contribution in [2.24, 2.45) is 5.92 Å². The molecule has 3 fully saturated rings. The van der Waals surface area contributed by atoms with Gasteiger partial charge in [0, 0.05) is 41.2 Å². The lowest BCUT2D eigenvalue weighted by molar-refractivity contribution is -0.144. The highest BCUT2D eigenvalue weighted by Crippen LogP contribution is 2.66. The number of phosphoric acid groups is 3. The number of carbonyl (C=O) groups is 6. The average molecular weight is 1170 g/mol. The van der Waals surface area contributed by atoms with E-state index in [0.29, 0.717) is 19.3 Å². The third kappa shape index (κ3) is 21.1. The van der Waals surface area contributed by atoms with Gasteiger partial charge in [0.2, 0.25) is 11.8 Å². The Balaban J connectivity index is 1.30. The van der Waals surface area contributed by atoms with Crippen molar-refractivity contribution in [1.29, 1.82) is 0 Å². The Labute approximate surface area is 435 Å². The Kier molecular flexibility index (Phi) is 23.9. The standard InChI is InChI=1S/C39H60N7O22P3S3/c1-4-23(36(53)54)42-35(52)22(15-32(50)51)14-26(47)24(41-30(49)10-6-5-9-29-33-25(19-72-29)43-37(55)44-33)11-12-39(2,3)74-73-20-64-13-7-8-21-17-46(38(56)45-34(21)40)31-16-27(48)28(66-31)18-65-70(60,61)68-71(62,63)67-69(57,58)59/h17,22-25,27-29,31,33,48H,4-6,9-16,18-20H2,1-3H3,(H,41,49)(H,42,52)(H,50,51)(H,53,54)(H,60,61)(H,62,63)(H2,40,45,56)(H2,43,44,55)(H2,57,58,59)/t22?,23?,24?,25-,27?,28?,29-,31?,33-/m0/s1. The Morgan fingerprint density at radius 1 is 1.04 bits per heavy atom. The number of aliphatic carboxylic acids is 2. The first-order valence-corrected chi connectivity index (χ1v) is 30.5. The SMILES string of the molecule is CCC(NC(=O)C(CC(=O)O)CC(=O)C(CCC(C)(C)SSCOCC#Cc1cn(C2CC(O)C(COP(=O)(O)OP(=O)(O)OP(=O)(O)O)O2)c(=O)nc1N)NC(=O)CCCC[C@@H]1SC[C@@H]2NC(=O)N[C@@H]21)C(=O)O.